The normalized spacial score (nSPS) is 13.5. The van der Waals surface area contributed by atoms with Crippen molar-refractivity contribution in [2.24, 2.45) is 11.5 Å². The van der Waals surface area contributed by atoms with Gasteiger partial charge < -0.3 is 37.3 Å². The summed E-state index contributed by atoms with van der Waals surface area (Å²) < 4.78 is 0. The lowest BCUT2D eigenvalue weighted by atomic mass is 10.0. The van der Waals surface area contributed by atoms with Crippen LogP contribution in [0.2, 0.25) is 0 Å². The summed E-state index contributed by atoms with van der Waals surface area (Å²) in [5, 5.41) is 24.9. The molecule has 3 rings (SSSR count). The fraction of sp³-hybridized carbons (Fsp3) is 0.280. The highest BCUT2D eigenvalue weighted by Crippen LogP contribution is 2.19. The molecule has 1 aromatic heterocycles. The summed E-state index contributed by atoms with van der Waals surface area (Å²) >= 11 is 0. The third-order valence-electron chi connectivity index (χ3n) is 5.75. The van der Waals surface area contributed by atoms with Gasteiger partial charge in [-0.15, -0.1) is 0 Å². The highest BCUT2D eigenvalue weighted by molar-refractivity contribution is 5.92. The van der Waals surface area contributed by atoms with Crippen LogP contribution in [0, 0.1) is 0 Å². The summed E-state index contributed by atoms with van der Waals surface area (Å²) in [6.45, 7) is 0. The monoisotopic (exact) mass is 495 g/mol. The van der Waals surface area contributed by atoms with Crippen LogP contribution in [0.25, 0.3) is 10.9 Å². The van der Waals surface area contributed by atoms with Gasteiger partial charge >= 0.3 is 5.97 Å². The zero-order valence-corrected chi connectivity index (χ0v) is 19.4. The second-order valence-electron chi connectivity index (χ2n) is 8.51. The van der Waals surface area contributed by atoms with E-state index in [2.05, 4.69) is 15.6 Å². The lowest BCUT2D eigenvalue weighted by Gasteiger charge is -2.23. The number of carbonyl (C=O) groups is 4. The van der Waals surface area contributed by atoms with Crippen LogP contribution >= 0.6 is 0 Å². The molecule has 0 fully saturated rings. The number of aromatic nitrogens is 1. The van der Waals surface area contributed by atoms with Gasteiger partial charge in [-0.2, -0.15) is 0 Å². The van der Waals surface area contributed by atoms with Crippen LogP contribution in [0.5, 0.6) is 5.75 Å². The minimum absolute atomic E-state index is 0.00192. The Morgan fingerprint density at radius 3 is 2.25 bits per heavy atom. The zero-order chi connectivity index (χ0) is 26.2. The topological polar surface area (TPSA) is 201 Å². The quantitative estimate of drug-likeness (QED) is 0.187. The molecule has 0 unspecified atom stereocenters. The molecule has 0 radical (unpaired) electrons. The Morgan fingerprint density at radius 2 is 1.58 bits per heavy atom. The number of nitrogens with one attached hydrogen (secondary N) is 3. The fourth-order valence-electron chi connectivity index (χ4n) is 3.81. The average molecular weight is 496 g/mol. The Bertz CT molecular complexity index is 1240. The van der Waals surface area contributed by atoms with Gasteiger partial charge in [0, 0.05) is 29.9 Å². The van der Waals surface area contributed by atoms with Crippen molar-refractivity contribution in [2.75, 3.05) is 0 Å². The summed E-state index contributed by atoms with van der Waals surface area (Å²) in [5.41, 5.74) is 13.4. The third-order valence-corrected chi connectivity index (χ3v) is 5.75. The Hall–Kier alpha value is -4.38. The molecule has 3 aromatic rings. The molecule has 11 nitrogen and oxygen atoms in total. The number of carbonyl (C=O) groups excluding carboxylic acids is 3. The molecule has 2 aromatic carbocycles. The van der Waals surface area contributed by atoms with Crippen molar-refractivity contribution in [3.63, 3.8) is 0 Å². The number of hydrogen-bond donors (Lipinski definition) is 7. The van der Waals surface area contributed by atoms with E-state index in [-0.39, 0.29) is 31.4 Å². The number of carboxylic acids is 1. The number of amides is 3. The van der Waals surface area contributed by atoms with Gasteiger partial charge in [-0.1, -0.05) is 30.3 Å². The first-order valence-electron chi connectivity index (χ1n) is 11.3. The summed E-state index contributed by atoms with van der Waals surface area (Å²) in [5.74, 6) is -3.29. The standard InChI is InChI=1S/C25H29N5O6/c26-18(11-14-5-7-16(31)8-6-14)23(33)29-20(9-10-22(27)32)24(34)30-21(25(35)36)12-15-13-28-19-4-2-1-3-17(15)19/h1-8,13,18,20-21,28,31H,9-12,26H2,(H2,27,32)(H,29,33)(H,30,34)(H,35,36)/t18-,20-,21-/m0/s1. The van der Waals surface area contributed by atoms with Crippen LogP contribution in [-0.2, 0) is 32.0 Å². The Balaban J connectivity index is 1.69. The molecule has 3 atom stereocenters. The number of carboxylic acid groups (broad SMARTS) is 1. The molecule has 0 saturated heterocycles. The summed E-state index contributed by atoms with van der Waals surface area (Å²) in [6, 6.07) is 9.98. The first-order chi connectivity index (χ1) is 17.1. The number of aromatic hydroxyl groups is 1. The molecule has 3 amide bonds. The van der Waals surface area contributed by atoms with Crippen molar-refractivity contribution in [2.45, 2.75) is 43.8 Å². The molecule has 0 aliphatic rings. The van der Waals surface area contributed by atoms with E-state index in [9.17, 15) is 29.4 Å². The smallest absolute Gasteiger partial charge is 0.326 e. The number of rotatable bonds is 12. The molecule has 190 valence electrons. The van der Waals surface area contributed by atoms with Crippen LogP contribution in [0.4, 0.5) is 0 Å². The van der Waals surface area contributed by atoms with E-state index in [1.54, 1.807) is 18.3 Å². The molecule has 36 heavy (non-hydrogen) atoms. The average Bonchev–Trinajstić information content (AvgIpc) is 3.25. The van der Waals surface area contributed by atoms with Gasteiger partial charge in [-0.05, 0) is 42.2 Å². The van der Waals surface area contributed by atoms with Crippen LogP contribution in [0.3, 0.4) is 0 Å². The number of primary amides is 1. The van der Waals surface area contributed by atoms with Gasteiger partial charge in [0.05, 0.1) is 6.04 Å². The van der Waals surface area contributed by atoms with E-state index < -0.39 is 41.8 Å². The van der Waals surface area contributed by atoms with Crippen molar-refractivity contribution in [3.8, 4) is 5.75 Å². The zero-order valence-electron chi connectivity index (χ0n) is 19.4. The van der Waals surface area contributed by atoms with Gasteiger partial charge in [0.1, 0.15) is 17.8 Å². The predicted molar refractivity (Wildman–Crippen MR) is 132 cm³/mol. The lowest BCUT2D eigenvalue weighted by Crippen LogP contribution is -2.55. The number of aromatic amines is 1. The second-order valence-corrected chi connectivity index (χ2v) is 8.51. The molecule has 9 N–H and O–H groups in total. The molecular formula is C25H29N5O6. The maximum Gasteiger partial charge on any atom is 0.326 e. The van der Waals surface area contributed by atoms with E-state index in [1.807, 2.05) is 24.3 Å². The van der Waals surface area contributed by atoms with Gasteiger partial charge in [-0.3, -0.25) is 14.4 Å². The van der Waals surface area contributed by atoms with E-state index in [1.165, 1.54) is 12.1 Å². The van der Waals surface area contributed by atoms with Crippen LogP contribution in [-0.4, -0.2) is 57.0 Å². The SMILES string of the molecule is NC(=O)CC[C@H](NC(=O)[C@@H](N)Cc1ccc(O)cc1)C(=O)N[C@@H](Cc1c[nH]c2ccccc12)C(=O)O. The Labute approximate surface area is 206 Å². The highest BCUT2D eigenvalue weighted by atomic mass is 16.4. The summed E-state index contributed by atoms with van der Waals surface area (Å²) in [7, 11) is 0. The molecule has 11 heteroatoms. The third kappa shape index (κ3) is 7.06. The molecule has 0 saturated carbocycles. The minimum Gasteiger partial charge on any atom is -0.508 e. The molecule has 0 aliphatic carbocycles. The molecule has 0 bridgehead atoms. The maximum atomic E-state index is 13.0. The largest absolute Gasteiger partial charge is 0.508 e. The van der Waals surface area contributed by atoms with E-state index >= 15 is 0 Å². The molecular weight excluding hydrogens is 466 g/mol. The van der Waals surface area contributed by atoms with Crippen LogP contribution in [0.1, 0.15) is 24.0 Å². The molecule has 0 spiro atoms. The number of para-hydroxylation sites is 1. The Morgan fingerprint density at radius 1 is 0.917 bits per heavy atom. The number of fused-ring (bicyclic) bond motifs is 1. The fourth-order valence-corrected chi connectivity index (χ4v) is 3.81. The van der Waals surface area contributed by atoms with Crippen LogP contribution in [0.15, 0.2) is 54.7 Å². The van der Waals surface area contributed by atoms with Crippen molar-refractivity contribution in [1.29, 1.82) is 0 Å². The second kappa shape index (κ2) is 11.8. The van der Waals surface area contributed by atoms with Gasteiger partial charge in [-0.25, -0.2) is 4.79 Å². The van der Waals surface area contributed by atoms with Crippen molar-refractivity contribution >= 4 is 34.6 Å². The van der Waals surface area contributed by atoms with Gasteiger partial charge in [0.15, 0.2) is 0 Å². The minimum atomic E-state index is -1.28. The molecule has 0 aliphatic heterocycles. The van der Waals surface area contributed by atoms with Gasteiger partial charge in [0.2, 0.25) is 17.7 Å². The number of phenolic OH excluding ortho intramolecular Hbond substituents is 1. The number of benzene rings is 2. The number of hydrogen-bond acceptors (Lipinski definition) is 6. The van der Waals surface area contributed by atoms with E-state index in [0.29, 0.717) is 11.1 Å². The van der Waals surface area contributed by atoms with E-state index in [0.717, 1.165) is 10.9 Å². The van der Waals surface area contributed by atoms with E-state index in [4.69, 9.17) is 11.5 Å². The maximum absolute atomic E-state index is 13.0. The highest BCUT2D eigenvalue weighted by Gasteiger charge is 2.29. The Kier molecular flexibility index (Phi) is 8.63. The summed E-state index contributed by atoms with van der Waals surface area (Å²) in [6.07, 6.45) is 1.49. The predicted octanol–water partition coefficient (Wildman–Crippen LogP) is 0.306. The van der Waals surface area contributed by atoms with Crippen molar-refractivity contribution < 1.29 is 29.4 Å². The number of H-pyrrole nitrogens is 1. The summed E-state index contributed by atoms with van der Waals surface area (Å²) in [4.78, 5) is 52.0. The van der Waals surface area contributed by atoms with Gasteiger partial charge in [0.25, 0.3) is 0 Å². The van der Waals surface area contributed by atoms with Crippen LogP contribution < -0.4 is 22.1 Å². The number of nitrogens with two attached hydrogens (primary N) is 2. The lowest BCUT2D eigenvalue weighted by molar-refractivity contribution is -0.142. The number of phenols is 1. The van der Waals surface area contributed by atoms with Crippen molar-refractivity contribution in [1.82, 2.24) is 15.6 Å². The first-order valence-corrected chi connectivity index (χ1v) is 11.3. The number of aliphatic carboxylic acids is 1. The first kappa shape index (κ1) is 26.2. The van der Waals surface area contributed by atoms with Crippen molar-refractivity contribution in [3.05, 3.63) is 65.9 Å². The molecule has 1 heterocycles.